The van der Waals surface area contributed by atoms with Gasteiger partial charge in [-0.15, -0.1) is 0 Å². The zero-order chi connectivity index (χ0) is 18.4. The van der Waals surface area contributed by atoms with Gasteiger partial charge in [-0.05, 0) is 18.2 Å². The van der Waals surface area contributed by atoms with Crippen LogP contribution in [0, 0.1) is 0 Å². The summed E-state index contributed by atoms with van der Waals surface area (Å²) in [5, 5.41) is 9.17. The van der Waals surface area contributed by atoms with E-state index in [0.717, 1.165) is 22.9 Å². The molecule has 0 aliphatic carbocycles. The van der Waals surface area contributed by atoms with Gasteiger partial charge in [-0.1, -0.05) is 24.3 Å². The van der Waals surface area contributed by atoms with Crippen LogP contribution in [0.3, 0.4) is 0 Å². The fraction of sp³-hybridized carbons (Fsp3) is 0.0625. The van der Waals surface area contributed by atoms with E-state index in [9.17, 15) is 22.8 Å². The number of imidazole rings is 1. The fourth-order valence-electron chi connectivity index (χ4n) is 2.50. The summed E-state index contributed by atoms with van der Waals surface area (Å²) in [6, 6.07) is 8.32. The Morgan fingerprint density at radius 3 is 2.32 bits per heavy atom. The molecule has 0 bridgehead atoms. The van der Waals surface area contributed by atoms with Crippen LogP contribution in [-0.2, 0) is 6.18 Å². The van der Waals surface area contributed by atoms with Crippen LogP contribution in [0.1, 0.15) is 32.1 Å². The van der Waals surface area contributed by atoms with Crippen LogP contribution >= 0.6 is 0 Å². The van der Waals surface area contributed by atoms with Crippen molar-refractivity contribution in [1.29, 1.82) is 0 Å². The van der Waals surface area contributed by atoms with Crippen LogP contribution in [0.2, 0.25) is 0 Å². The Labute approximate surface area is 138 Å². The minimum absolute atomic E-state index is 0.0784. The van der Waals surface area contributed by atoms with Crippen LogP contribution in [-0.4, -0.2) is 26.5 Å². The molecular weight excluding hydrogens is 339 g/mol. The highest BCUT2D eigenvalue weighted by Crippen LogP contribution is 2.33. The zero-order valence-corrected chi connectivity index (χ0v) is 12.4. The molecule has 0 radical (unpaired) electrons. The molecule has 3 N–H and O–H groups in total. The minimum Gasteiger partial charge on any atom is -0.478 e. The molecule has 1 heterocycles. The van der Waals surface area contributed by atoms with Crippen molar-refractivity contribution in [1.82, 2.24) is 9.66 Å². The molecule has 0 atom stereocenters. The van der Waals surface area contributed by atoms with Crippen molar-refractivity contribution in [2.75, 3.05) is 5.84 Å². The molecule has 0 fully saturated rings. The number of hydrogen-bond acceptors (Lipinski definition) is 4. The van der Waals surface area contributed by atoms with Crippen LogP contribution in [0.5, 0.6) is 0 Å². The first-order chi connectivity index (χ1) is 11.7. The van der Waals surface area contributed by atoms with E-state index in [0.29, 0.717) is 0 Å². The number of ketones is 1. The van der Waals surface area contributed by atoms with Crippen LogP contribution < -0.4 is 5.84 Å². The fourth-order valence-corrected chi connectivity index (χ4v) is 2.50. The van der Waals surface area contributed by atoms with E-state index in [4.69, 9.17) is 10.9 Å². The molecule has 0 saturated carbocycles. The third kappa shape index (κ3) is 2.69. The maximum absolute atomic E-state index is 13.1. The zero-order valence-electron chi connectivity index (χ0n) is 12.4. The minimum atomic E-state index is -4.73. The number of carboxylic acid groups (broad SMARTS) is 1. The Bertz CT molecular complexity index is 1010. The molecule has 128 valence electrons. The van der Waals surface area contributed by atoms with Gasteiger partial charge in [-0.3, -0.25) is 4.79 Å². The third-order valence-corrected chi connectivity index (χ3v) is 3.63. The van der Waals surface area contributed by atoms with E-state index in [1.165, 1.54) is 24.3 Å². The second-order valence-corrected chi connectivity index (χ2v) is 5.16. The SMILES string of the molecule is Nn1c(C(=O)c2ccccc2C(F)(F)F)nc2c(C(=O)O)cccc21. The molecule has 0 spiro atoms. The first kappa shape index (κ1) is 16.5. The lowest BCUT2D eigenvalue weighted by molar-refractivity contribution is -0.137. The van der Waals surface area contributed by atoms with Crippen LogP contribution in [0.25, 0.3) is 11.0 Å². The molecule has 0 unspecified atom stereocenters. The smallest absolute Gasteiger partial charge is 0.417 e. The van der Waals surface area contributed by atoms with Crippen molar-refractivity contribution in [2.24, 2.45) is 0 Å². The van der Waals surface area contributed by atoms with E-state index >= 15 is 0 Å². The highest BCUT2D eigenvalue weighted by Gasteiger charge is 2.36. The number of halogens is 3. The molecule has 0 amide bonds. The number of aromatic carboxylic acids is 1. The van der Waals surface area contributed by atoms with Gasteiger partial charge in [-0.2, -0.15) is 13.2 Å². The van der Waals surface area contributed by atoms with Crippen molar-refractivity contribution in [3.63, 3.8) is 0 Å². The van der Waals surface area contributed by atoms with Gasteiger partial charge in [0.1, 0.15) is 5.52 Å². The highest BCUT2D eigenvalue weighted by molar-refractivity contribution is 6.11. The summed E-state index contributed by atoms with van der Waals surface area (Å²) in [6.07, 6.45) is -4.73. The second kappa shape index (κ2) is 5.62. The number of nitrogen functional groups attached to an aromatic ring is 1. The van der Waals surface area contributed by atoms with Gasteiger partial charge in [0, 0.05) is 5.56 Å². The van der Waals surface area contributed by atoms with Gasteiger partial charge >= 0.3 is 12.1 Å². The number of aromatic nitrogens is 2. The Kier molecular flexibility index (Phi) is 3.71. The standard InChI is InChI=1S/C16H10F3N3O3/c17-16(18,19)10-6-2-1-4-8(10)13(23)14-21-12-9(15(24)25)5-3-7-11(12)22(14)20/h1-7H,20H2,(H,24,25). The second-order valence-electron chi connectivity index (χ2n) is 5.16. The van der Waals surface area contributed by atoms with Gasteiger partial charge in [0.25, 0.3) is 0 Å². The summed E-state index contributed by atoms with van der Waals surface area (Å²) in [6.45, 7) is 0. The average molecular weight is 349 g/mol. The summed E-state index contributed by atoms with van der Waals surface area (Å²) in [5.74, 6) is 2.93. The molecule has 9 heteroatoms. The van der Waals surface area contributed by atoms with E-state index in [2.05, 4.69) is 4.98 Å². The van der Waals surface area contributed by atoms with Gasteiger partial charge in [-0.25, -0.2) is 14.5 Å². The first-order valence-electron chi connectivity index (χ1n) is 6.92. The number of para-hydroxylation sites is 1. The monoisotopic (exact) mass is 349 g/mol. The Hall–Kier alpha value is -3.36. The maximum Gasteiger partial charge on any atom is 0.417 e. The summed E-state index contributed by atoms with van der Waals surface area (Å²) in [7, 11) is 0. The summed E-state index contributed by atoms with van der Waals surface area (Å²) >= 11 is 0. The van der Waals surface area contributed by atoms with Gasteiger partial charge in [0.05, 0.1) is 16.6 Å². The van der Waals surface area contributed by atoms with Crippen molar-refractivity contribution >= 4 is 22.8 Å². The third-order valence-electron chi connectivity index (χ3n) is 3.63. The Morgan fingerprint density at radius 2 is 1.68 bits per heavy atom. The maximum atomic E-state index is 13.1. The average Bonchev–Trinajstić information content (AvgIpc) is 2.90. The molecule has 6 nitrogen and oxygen atoms in total. The van der Waals surface area contributed by atoms with Gasteiger partial charge in [0.15, 0.2) is 0 Å². The normalized spacial score (nSPS) is 11.6. The summed E-state index contributed by atoms with van der Waals surface area (Å²) in [5.41, 5.74) is -1.91. The quantitative estimate of drug-likeness (QED) is 0.560. The van der Waals surface area contributed by atoms with E-state index < -0.39 is 34.9 Å². The lowest BCUT2D eigenvalue weighted by Gasteiger charge is -2.11. The number of fused-ring (bicyclic) bond motifs is 1. The molecule has 1 aromatic heterocycles. The summed E-state index contributed by atoms with van der Waals surface area (Å²) in [4.78, 5) is 27.7. The molecule has 2 aromatic carbocycles. The van der Waals surface area contributed by atoms with Crippen LogP contribution in [0.15, 0.2) is 42.5 Å². The van der Waals surface area contributed by atoms with E-state index in [-0.39, 0.29) is 16.6 Å². The number of rotatable bonds is 3. The van der Waals surface area contributed by atoms with Crippen molar-refractivity contribution in [2.45, 2.75) is 6.18 Å². The van der Waals surface area contributed by atoms with Gasteiger partial charge < -0.3 is 10.9 Å². The molecule has 0 aliphatic heterocycles. The molecule has 0 aliphatic rings. The number of nitrogens with two attached hydrogens (primary N) is 1. The number of benzene rings is 2. The van der Waals surface area contributed by atoms with E-state index in [1.54, 1.807) is 0 Å². The number of nitrogens with zero attached hydrogens (tertiary/aromatic N) is 2. The molecule has 25 heavy (non-hydrogen) atoms. The van der Waals surface area contributed by atoms with Crippen LogP contribution in [0.4, 0.5) is 13.2 Å². The number of carbonyl (C=O) groups excluding carboxylic acids is 1. The number of hydrogen-bond donors (Lipinski definition) is 2. The number of carboxylic acids is 1. The molecule has 3 rings (SSSR count). The molecule has 3 aromatic rings. The Morgan fingerprint density at radius 1 is 1.04 bits per heavy atom. The van der Waals surface area contributed by atoms with Gasteiger partial charge in [0.2, 0.25) is 11.6 Å². The topological polar surface area (TPSA) is 98.2 Å². The van der Waals surface area contributed by atoms with Crippen molar-refractivity contribution < 1.29 is 27.9 Å². The Balaban J connectivity index is 2.22. The lowest BCUT2D eigenvalue weighted by Crippen LogP contribution is -2.20. The highest BCUT2D eigenvalue weighted by atomic mass is 19.4. The largest absolute Gasteiger partial charge is 0.478 e. The van der Waals surface area contributed by atoms with Crippen molar-refractivity contribution in [3.05, 3.63) is 65.0 Å². The first-order valence-corrected chi connectivity index (χ1v) is 6.92. The number of alkyl halides is 3. The molecule has 0 saturated heterocycles. The van der Waals surface area contributed by atoms with E-state index in [1.807, 2.05) is 0 Å². The summed E-state index contributed by atoms with van der Waals surface area (Å²) < 4.78 is 40.1. The number of carbonyl (C=O) groups is 2. The predicted molar refractivity (Wildman–Crippen MR) is 81.7 cm³/mol. The lowest BCUT2D eigenvalue weighted by atomic mass is 10.0. The molecular formula is C16H10F3N3O3. The predicted octanol–water partition coefficient (Wildman–Crippen LogP) is 2.70. The van der Waals surface area contributed by atoms with Crippen molar-refractivity contribution in [3.8, 4) is 0 Å².